The van der Waals surface area contributed by atoms with Gasteiger partial charge in [0.25, 0.3) is 0 Å². The zero-order valence-corrected chi connectivity index (χ0v) is 18.1. The fraction of sp³-hybridized carbons (Fsp3) is 0.760. The first-order valence-corrected chi connectivity index (χ1v) is 11.7. The first-order valence-electron chi connectivity index (χ1n) is 11.7. The summed E-state index contributed by atoms with van der Waals surface area (Å²) in [6, 6.07) is 3.38. The SMILES string of the molecule is CCCCCCCCCCCCCCCCCCc1cc(O)c(C)cc1O. The van der Waals surface area contributed by atoms with E-state index in [1.165, 1.54) is 96.3 Å². The lowest BCUT2D eigenvalue weighted by Gasteiger charge is -2.07. The van der Waals surface area contributed by atoms with Crippen molar-refractivity contribution in [1.82, 2.24) is 0 Å². The van der Waals surface area contributed by atoms with Gasteiger partial charge in [-0.3, -0.25) is 0 Å². The van der Waals surface area contributed by atoms with Crippen molar-refractivity contribution in [2.45, 2.75) is 123 Å². The van der Waals surface area contributed by atoms with Crippen molar-refractivity contribution < 1.29 is 10.2 Å². The van der Waals surface area contributed by atoms with Crippen molar-refractivity contribution in [1.29, 1.82) is 0 Å². The van der Waals surface area contributed by atoms with Crippen molar-refractivity contribution in [3.8, 4) is 11.5 Å². The van der Waals surface area contributed by atoms with E-state index in [1.807, 2.05) is 6.92 Å². The molecule has 1 rings (SSSR count). The van der Waals surface area contributed by atoms with E-state index in [0.29, 0.717) is 11.5 Å². The van der Waals surface area contributed by atoms with E-state index in [9.17, 15) is 10.2 Å². The highest BCUT2D eigenvalue weighted by Crippen LogP contribution is 2.28. The van der Waals surface area contributed by atoms with Crippen LogP contribution in [0.3, 0.4) is 0 Å². The van der Waals surface area contributed by atoms with E-state index >= 15 is 0 Å². The van der Waals surface area contributed by atoms with Gasteiger partial charge in [0.05, 0.1) is 0 Å². The molecule has 0 bridgehead atoms. The molecule has 0 aliphatic heterocycles. The monoisotopic (exact) mass is 376 g/mol. The molecule has 2 N–H and O–H groups in total. The van der Waals surface area contributed by atoms with Gasteiger partial charge in [-0.05, 0) is 43.0 Å². The van der Waals surface area contributed by atoms with Gasteiger partial charge in [-0.25, -0.2) is 0 Å². The molecular formula is C25H44O2. The molecule has 27 heavy (non-hydrogen) atoms. The maximum Gasteiger partial charge on any atom is 0.119 e. The molecule has 1 aromatic rings. The normalized spacial score (nSPS) is 11.2. The molecule has 2 heteroatoms. The summed E-state index contributed by atoms with van der Waals surface area (Å²) >= 11 is 0. The molecule has 0 saturated heterocycles. The lowest BCUT2D eigenvalue weighted by atomic mass is 10.0. The van der Waals surface area contributed by atoms with Gasteiger partial charge in [-0.15, -0.1) is 0 Å². The molecule has 0 amide bonds. The molecule has 0 unspecified atom stereocenters. The third-order valence-electron chi connectivity index (χ3n) is 5.70. The quantitative estimate of drug-likeness (QED) is 0.212. The third kappa shape index (κ3) is 12.0. The molecular weight excluding hydrogens is 332 g/mol. The average Bonchev–Trinajstić information content (AvgIpc) is 2.65. The average molecular weight is 377 g/mol. The van der Waals surface area contributed by atoms with Crippen LogP contribution in [0.5, 0.6) is 11.5 Å². The van der Waals surface area contributed by atoms with Gasteiger partial charge in [0.1, 0.15) is 11.5 Å². The Hall–Kier alpha value is -1.18. The van der Waals surface area contributed by atoms with Gasteiger partial charge in [-0.2, -0.15) is 0 Å². The lowest BCUT2D eigenvalue weighted by molar-refractivity contribution is 0.449. The Labute approximate surface area is 168 Å². The molecule has 0 fully saturated rings. The maximum atomic E-state index is 9.93. The zero-order valence-electron chi connectivity index (χ0n) is 18.1. The van der Waals surface area contributed by atoms with Crippen molar-refractivity contribution in [2.24, 2.45) is 0 Å². The van der Waals surface area contributed by atoms with Gasteiger partial charge in [0, 0.05) is 0 Å². The summed E-state index contributed by atoms with van der Waals surface area (Å²) < 4.78 is 0. The molecule has 0 heterocycles. The summed E-state index contributed by atoms with van der Waals surface area (Å²) in [6.45, 7) is 4.09. The van der Waals surface area contributed by atoms with Crippen LogP contribution in [0, 0.1) is 6.92 Å². The van der Waals surface area contributed by atoms with Crippen LogP contribution in [-0.2, 0) is 6.42 Å². The van der Waals surface area contributed by atoms with Crippen molar-refractivity contribution in [3.05, 3.63) is 23.3 Å². The number of aromatic hydroxyl groups is 2. The zero-order chi connectivity index (χ0) is 19.7. The summed E-state index contributed by atoms with van der Waals surface area (Å²) in [6.07, 6.45) is 22.8. The molecule has 0 atom stereocenters. The predicted molar refractivity (Wildman–Crippen MR) is 118 cm³/mol. The minimum Gasteiger partial charge on any atom is -0.508 e. The highest BCUT2D eigenvalue weighted by molar-refractivity contribution is 5.44. The van der Waals surface area contributed by atoms with Gasteiger partial charge < -0.3 is 10.2 Å². The number of hydrogen-bond donors (Lipinski definition) is 2. The van der Waals surface area contributed by atoms with Crippen molar-refractivity contribution >= 4 is 0 Å². The van der Waals surface area contributed by atoms with Crippen LogP contribution in [0.1, 0.15) is 121 Å². The Balaban J connectivity index is 1.85. The number of aryl methyl sites for hydroxylation is 2. The van der Waals surface area contributed by atoms with Gasteiger partial charge >= 0.3 is 0 Å². The van der Waals surface area contributed by atoms with Crippen LogP contribution < -0.4 is 0 Å². The molecule has 0 aromatic heterocycles. The van der Waals surface area contributed by atoms with E-state index < -0.39 is 0 Å². The summed E-state index contributed by atoms with van der Waals surface area (Å²) in [7, 11) is 0. The minimum absolute atomic E-state index is 0.291. The summed E-state index contributed by atoms with van der Waals surface area (Å²) in [4.78, 5) is 0. The van der Waals surface area contributed by atoms with Crippen LogP contribution in [0.2, 0.25) is 0 Å². The van der Waals surface area contributed by atoms with Crippen molar-refractivity contribution in [2.75, 3.05) is 0 Å². The maximum absolute atomic E-state index is 9.93. The van der Waals surface area contributed by atoms with E-state index in [0.717, 1.165) is 24.0 Å². The second-order valence-corrected chi connectivity index (χ2v) is 8.32. The molecule has 156 valence electrons. The molecule has 0 aliphatic carbocycles. The Bertz CT molecular complexity index is 481. The first-order chi connectivity index (χ1) is 13.1. The first kappa shape index (κ1) is 23.9. The second-order valence-electron chi connectivity index (χ2n) is 8.32. The van der Waals surface area contributed by atoms with Crippen LogP contribution >= 0.6 is 0 Å². The van der Waals surface area contributed by atoms with E-state index in [1.54, 1.807) is 12.1 Å². The predicted octanol–water partition coefficient (Wildman–Crippen LogP) is 8.21. The lowest BCUT2D eigenvalue weighted by Crippen LogP contribution is -1.89. The summed E-state index contributed by atoms with van der Waals surface area (Å²) in [5.74, 6) is 0.616. The van der Waals surface area contributed by atoms with E-state index in [-0.39, 0.29) is 0 Å². The smallest absolute Gasteiger partial charge is 0.119 e. The Morgan fingerprint density at radius 2 is 0.963 bits per heavy atom. The molecule has 0 aliphatic rings. The number of hydrogen-bond acceptors (Lipinski definition) is 2. The number of phenolic OH excluding ortho intramolecular Hbond substituents is 2. The number of benzene rings is 1. The largest absolute Gasteiger partial charge is 0.508 e. The van der Waals surface area contributed by atoms with Gasteiger partial charge in [-0.1, -0.05) is 103 Å². The summed E-state index contributed by atoms with van der Waals surface area (Å²) in [5.41, 5.74) is 1.62. The van der Waals surface area contributed by atoms with Gasteiger partial charge in [0.2, 0.25) is 0 Å². The molecule has 0 spiro atoms. The van der Waals surface area contributed by atoms with Crippen LogP contribution in [-0.4, -0.2) is 10.2 Å². The van der Waals surface area contributed by atoms with Crippen LogP contribution in [0.4, 0.5) is 0 Å². The second kappa shape index (κ2) is 15.8. The van der Waals surface area contributed by atoms with E-state index in [2.05, 4.69) is 6.92 Å². The minimum atomic E-state index is 0.291. The third-order valence-corrected chi connectivity index (χ3v) is 5.70. The Kier molecular flexibility index (Phi) is 14.0. The van der Waals surface area contributed by atoms with E-state index in [4.69, 9.17) is 0 Å². The fourth-order valence-corrected chi connectivity index (χ4v) is 3.79. The standard InChI is InChI=1S/C25H44O2/c1-3-4-5-6-7-8-9-10-11-12-13-14-15-16-17-18-19-23-21-24(26)22(2)20-25(23)27/h20-21,26-27H,3-19H2,1-2H3. The fourth-order valence-electron chi connectivity index (χ4n) is 3.79. The van der Waals surface area contributed by atoms with Gasteiger partial charge in [0.15, 0.2) is 0 Å². The topological polar surface area (TPSA) is 40.5 Å². The molecule has 1 aromatic carbocycles. The highest BCUT2D eigenvalue weighted by atomic mass is 16.3. The van der Waals surface area contributed by atoms with Crippen LogP contribution in [0.15, 0.2) is 12.1 Å². The number of rotatable bonds is 17. The number of unbranched alkanes of at least 4 members (excludes halogenated alkanes) is 15. The van der Waals surface area contributed by atoms with Crippen molar-refractivity contribution in [3.63, 3.8) is 0 Å². The van der Waals surface area contributed by atoms with Crippen LogP contribution in [0.25, 0.3) is 0 Å². The summed E-state index contributed by atoms with van der Waals surface area (Å²) in [5, 5.41) is 19.7. The molecule has 2 nitrogen and oxygen atoms in total. The number of phenols is 2. The Morgan fingerprint density at radius 3 is 1.41 bits per heavy atom. The molecule has 0 radical (unpaired) electrons. The Morgan fingerprint density at radius 1 is 0.556 bits per heavy atom. The molecule has 0 saturated carbocycles. The highest BCUT2D eigenvalue weighted by Gasteiger charge is 2.05.